The van der Waals surface area contributed by atoms with E-state index in [1.54, 1.807) is 12.4 Å². The Bertz CT molecular complexity index is 658. The highest BCUT2D eigenvalue weighted by Crippen LogP contribution is 2.38. The van der Waals surface area contributed by atoms with E-state index in [4.69, 9.17) is 0 Å². The molecule has 0 aromatic carbocycles. The van der Waals surface area contributed by atoms with Crippen molar-refractivity contribution in [3.63, 3.8) is 0 Å². The molecule has 1 saturated heterocycles. The summed E-state index contributed by atoms with van der Waals surface area (Å²) in [5, 5.41) is 0. The third-order valence-electron chi connectivity index (χ3n) is 4.23. The maximum atomic E-state index is 13.2. The van der Waals surface area contributed by atoms with Crippen molar-refractivity contribution in [2.45, 2.75) is 32.1 Å². The van der Waals surface area contributed by atoms with Gasteiger partial charge in [0.1, 0.15) is 0 Å². The molecule has 0 N–H and O–H groups in total. The molecule has 1 aliphatic heterocycles. The van der Waals surface area contributed by atoms with Gasteiger partial charge in [-0.25, -0.2) is 0 Å². The molecule has 3 nitrogen and oxygen atoms in total. The van der Waals surface area contributed by atoms with E-state index in [0.717, 1.165) is 24.6 Å². The molecule has 0 aliphatic carbocycles. The van der Waals surface area contributed by atoms with Crippen molar-refractivity contribution in [1.82, 2.24) is 14.9 Å². The van der Waals surface area contributed by atoms with E-state index in [1.807, 2.05) is 12.1 Å². The zero-order valence-electron chi connectivity index (χ0n) is 12.8. The summed E-state index contributed by atoms with van der Waals surface area (Å²) >= 11 is 0. The molecule has 0 unspecified atom stereocenters. The van der Waals surface area contributed by atoms with Gasteiger partial charge in [0, 0.05) is 37.7 Å². The molecular weight excluding hydrogens is 303 g/mol. The fourth-order valence-electron chi connectivity index (χ4n) is 3.24. The van der Waals surface area contributed by atoms with E-state index in [-0.39, 0.29) is 18.3 Å². The first-order chi connectivity index (χ1) is 10.9. The van der Waals surface area contributed by atoms with Crippen LogP contribution in [-0.4, -0.2) is 21.4 Å². The molecular formula is C17H18F3N3. The fourth-order valence-corrected chi connectivity index (χ4v) is 3.24. The molecule has 0 saturated carbocycles. The van der Waals surface area contributed by atoms with Gasteiger partial charge >= 0.3 is 6.18 Å². The number of alkyl halides is 3. The van der Waals surface area contributed by atoms with Crippen LogP contribution in [0.25, 0.3) is 0 Å². The molecule has 3 heterocycles. The average molecular weight is 321 g/mol. The lowest BCUT2D eigenvalue weighted by Gasteiger charge is -2.25. The SMILES string of the molecule is C[C@H]1C[C@@H](c2cccnc2)N(Cc2ncccc2C(F)(F)F)C1. The van der Waals surface area contributed by atoms with Gasteiger partial charge in [0.25, 0.3) is 0 Å². The summed E-state index contributed by atoms with van der Waals surface area (Å²) in [6.07, 6.45) is 1.45. The quantitative estimate of drug-likeness (QED) is 0.853. The van der Waals surface area contributed by atoms with Gasteiger partial charge in [-0.2, -0.15) is 13.2 Å². The number of rotatable bonds is 3. The van der Waals surface area contributed by atoms with Crippen LogP contribution in [0.5, 0.6) is 0 Å². The second kappa shape index (κ2) is 6.28. The Morgan fingerprint density at radius 2 is 2.00 bits per heavy atom. The Labute approximate surface area is 133 Å². The lowest BCUT2D eigenvalue weighted by Crippen LogP contribution is -2.26. The molecule has 122 valence electrons. The summed E-state index contributed by atoms with van der Waals surface area (Å²) in [5.41, 5.74) is 0.480. The number of hydrogen-bond acceptors (Lipinski definition) is 3. The Morgan fingerprint density at radius 3 is 2.70 bits per heavy atom. The standard InChI is InChI=1S/C17H18F3N3/c1-12-8-16(13-4-2-6-21-9-13)23(10-12)11-15-14(17(18,19)20)5-3-7-22-15/h2-7,9,12,16H,8,10-11H2,1H3/t12-,16-/m0/s1. The van der Waals surface area contributed by atoms with Gasteiger partial charge in [-0.05, 0) is 36.1 Å². The predicted molar refractivity (Wildman–Crippen MR) is 80.4 cm³/mol. The van der Waals surface area contributed by atoms with E-state index in [2.05, 4.69) is 21.8 Å². The first-order valence-corrected chi connectivity index (χ1v) is 7.60. The van der Waals surface area contributed by atoms with Crippen molar-refractivity contribution < 1.29 is 13.2 Å². The van der Waals surface area contributed by atoms with E-state index in [1.165, 1.54) is 12.3 Å². The molecule has 2 atom stereocenters. The highest BCUT2D eigenvalue weighted by atomic mass is 19.4. The minimum atomic E-state index is -4.38. The van der Waals surface area contributed by atoms with Gasteiger partial charge in [0.05, 0.1) is 11.3 Å². The first kappa shape index (κ1) is 15.9. The second-order valence-corrected chi connectivity index (χ2v) is 6.07. The molecule has 2 aromatic rings. The summed E-state index contributed by atoms with van der Waals surface area (Å²) < 4.78 is 39.5. The van der Waals surface area contributed by atoms with Gasteiger partial charge in [0.2, 0.25) is 0 Å². The predicted octanol–water partition coefficient (Wildman–Crippen LogP) is 4.08. The van der Waals surface area contributed by atoms with E-state index < -0.39 is 11.7 Å². The number of nitrogens with zero attached hydrogens (tertiary/aromatic N) is 3. The van der Waals surface area contributed by atoms with Gasteiger partial charge in [0.15, 0.2) is 0 Å². The number of aromatic nitrogens is 2. The Hall–Kier alpha value is -1.95. The van der Waals surface area contributed by atoms with Crippen LogP contribution in [0.2, 0.25) is 0 Å². The smallest absolute Gasteiger partial charge is 0.290 e. The highest BCUT2D eigenvalue weighted by Gasteiger charge is 2.36. The topological polar surface area (TPSA) is 29.0 Å². The van der Waals surface area contributed by atoms with E-state index in [9.17, 15) is 13.2 Å². The maximum absolute atomic E-state index is 13.2. The minimum Gasteiger partial charge on any atom is -0.290 e. The van der Waals surface area contributed by atoms with Gasteiger partial charge in [-0.15, -0.1) is 0 Å². The highest BCUT2D eigenvalue weighted by molar-refractivity contribution is 5.24. The largest absolute Gasteiger partial charge is 0.418 e. The summed E-state index contributed by atoms with van der Waals surface area (Å²) in [6, 6.07) is 6.35. The van der Waals surface area contributed by atoms with Crippen LogP contribution in [0.4, 0.5) is 13.2 Å². The lowest BCUT2D eigenvalue weighted by atomic mass is 10.0. The Kier molecular flexibility index (Phi) is 4.35. The van der Waals surface area contributed by atoms with Gasteiger partial charge in [-0.1, -0.05) is 13.0 Å². The van der Waals surface area contributed by atoms with Gasteiger partial charge < -0.3 is 0 Å². The summed E-state index contributed by atoms with van der Waals surface area (Å²) in [4.78, 5) is 10.2. The monoisotopic (exact) mass is 321 g/mol. The zero-order chi connectivity index (χ0) is 16.4. The molecule has 3 rings (SSSR count). The normalized spacial score (nSPS) is 22.4. The number of likely N-dealkylation sites (tertiary alicyclic amines) is 1. The molecule has 23 heavy (non-hydrogen) atoms. The minimum absolute atomic E-state index is 0.0850. The number of pyridine rings is 2. The van der Waals surface area contributed by atoms with Crippen LogP contribution in [0.1, 0.15) is 36.2 Å². The zero-order valence-corrected chi connectivity index (χ0v) is 12.8. The van der Waals surface area contributed by atoms with Crippen LogP contribution >= 0.6 is 0 Å². The van der Waals surface area contributed by atoms with Crippen LogP contribution in [-0.2, 0) is 12.7 Å². The third kappa shape index (κ3) is 3.52. The van der Waals surface area contributed by atoms with Crippen LogP contribution in [0.15, 0.2) is 42.9 Å². The van der Waals surface area contributed by atoms with Crippen LogP contribution in [0.3, 0.4) is 0 Å². The first-order valence-electron chi connectivity index (χ1n) is 7.60. The average Bonchev–Trinajstić information content (AvgIpc) is 2.88. The number of hydrogen-bond donors (Lipinski definition) is 0. The molecule has 6 heteroatoms. The molecule has 1 aliphatic rings. The third-order valence-corrected chi connectivity index (χ3v) is 4.23. The molecule has 0 bridgehead atoms. The lowest BCUT2D eigenvalue weighted by molar-refractivity contribution is -0.138. The molecule has 0 amide bonds. The van der Waals surface area contributed by atoms with Crippen molar-refractivity contribution in [3.8, 4) is 0 Å². The van der Waals surface area contributed by atoms with Crippen LogP contribution < -0.4 is 0 Å². The Balaban J connectivity index is 1.87. The molecule has 0 radical (unpaired) electrons. The van der Waals surface area contributed by atoms with Crippen molar-refractivity contribution in [2.75, 3.05) is 6.54 Å². The maximum Gasteiger partial charge on any atom is 0.418 e. The van der Waals surface area contributed by atoms with Gasteiger partial charge in [-0.3, -0.25) is 14.9 Å². The van der Waals surface area contributed by atoms with Crippen LogP contribution in [0, 0.1) is 5.92 Å². The van der Waals surface area contributed by atoms with Crippen molar-refractivity contribution in [1.29, 1.82) is 0 Å². The molecule has 0 spiro atoms. The molecule has 2 aromatic heterocycles. The van der Waals surface area contributed by atoms with Crippen molar-refractivity contribution >= 4 is 0 Å². The summed E-state index contributed by atoms with van der Waals surface area (Å²) in [7, 11) is 0. The van der Waals surface area contributed by atoms with Crippen molar-refractivity contribution in [2.24, 2.45) is 5.92 Å². The fraction of sp³-hybridized carbons (Fsp3) is 0.412. The number of halogens is 3. The second-order valence-electron chi connectivity index (χ2n) is 6.07. The van der Waals surface area contributed by atoms with E-state index in [0.29, 0.717) is 5.92 Å². The Morgan fingerprint density at radius 1 is 1.22 bits per heavy atom. The summed E-state index contributed by atoms with van der Waals surface area (Å²) in [5.74, 6) is 0.429. The molecule has 1 fully saturated rings. The summed E-state index contributed by atoms with van der Waals surface area (Å²) in [6.45, 7) is 3.07. The van der Waals surface area contributed by atoms with Crippen molar-refractivity contribution in [3.05, 3.63) is 59.7 Å². The van der Waals surface area contributed by atoms with E-state index >= 15 is 0 Å².